The second kappa shape index (κ2) is 6.95. The highest BCUT2D eigenvalue weighted by atomic mass is 19.1. The van der Waals surface area contributed by atoms with Gasteiger partial charge >= 0.3 is 0 Å². The van der Waals surface area contributed by atoms with E-state index >= 15 is 0 Å². The first kappa shape index (κ1) is 18.3. The number of aromatic amines is 1. The predicted molar refractivity (Wildman–Crippen MR) is 116 cm³/mol. The summed E-state index contributed by atoms with van der Waals surface area (Å²) in [6.07, 6.45) is 0.702. The van der Waals surface area contributed by atoms with Gasteiger partial charge < -0.3 is 10.3 Å². The molecule has 3 N–H and O–H groups in total. The second-order valence-electron chi connectivity index (χ2n) is 7.38. The fourth-order valence-corrected chi connectivity index (χ4v) is 4.09. The molecular formula is C23H21FN6. The van der Waals surface area contributed by atoms with Crippen LogP contribution in [0.5, 0.6) is 0 Å². The van der Waals surface area contributed by atoms with E-state index in [2.05, 4.69) is 26.7 Å². The average Bonchev–Trinajstić information content (AvgIpc) is 3.34. The summed E-state index contributed by atoms with van der Waals surface area (Å²) in [4.78, 5) is 9.39. The van der Waals surface area contributed by atoms with E-state index in [-0.39, 0.29) is 11.9 Å². The van der Waals surface area contributed by atoms with Crippen LogP contribution in [0.2, 0.25) is 0 Å². The molecule has 1 unspecified atom stereocenters. The van der Waals surface area contributed by atoms with E-state index in [1.54, 1.807) is 12.1 Å². The molecule has 0 fully saturated rings. The number of fused-ring (bicyclic) bond motifs is 3. The van der Waals surface area contributed by atoms with E-state index in [9.17, 15) is 4.39 Å². The van der Waals surface area contributed by atoms with Crippen molar-refractivity contribution in [1.82, 2.24) is 24.7 Å². The van der Waals surface area contributed by atoms with Gasteiger partial charge in [0.15, 0.2) is 5.82 Å². The molecule has 0 aliphatic carbocycles. The summed E-state index contributed by atoms with van der Waals surface area (Å²) in [6, 6.07) is 16.2. The Hall–Kier alpha value is -3.74. The molecule has 3 aromatic heterocycles. The lowest BCUT2D eigenvalue weighted by Gasteiger charge is -2.22. The Morgan fingerprint density at radius 1 is 1.10 bits per heavy atom. The third-order valence-corrected chi connectivity index (χ3v) is 5.41. The number of H-pyrrole nitrogens is 1. The molecule has 0 amide bonds. The van der Waals surface area contributed by atoms with Gasteiger partial charge in [-0.1, -0.05) is 37.3 Å². The number of benzene rings is 2. The topological polar surface area (TPSA) is 85.4 Å². The maximum atomic E-state index is 13.7. The molecule has 0 radical (unpaired) electrons. The predicted octanol–water partition coefficient (Wildman–Crippen LogP) is 4.54. The van der Waals surface area contributed by atoms with Crippen molar-refractivity contribution in [2.45, 2.75) is 26.3 Å². The van der Waals surface area contributed by atoms with E-state index in [0.29, 0.717) is 17.8 Å². The van der Waals surface area contributed by atoms with Gasteiger partial charge in [0, 0.05) is 11.8 Å². The number of halogens is 1. The van der Waals surface area contributed by atoms with Crippen LogP contribution < -0.4 is 5.73 Å². The van der Waals surface area contributed by atoms with Gasteiger partial charge in [0.1, 0.15) is 23.2 Å². The van der Waals surface area contributed by atoms with Crippen LogP contribution >= 0.6 is 0 Å². The summed E-state index contributed by atoms with van der Waals surface area (Å²) in [6.45, 7) is 4.00. The van der Waals surface area contributed by atoms with E-state index in [4.69, 9.17) is 10.7 Å². The van der Waals surface area contributed by atoms with Crippen molar-refractivity contribution in [2.75, 3.05) is 5.73 Å². The number of aromatic nitrogens is 5. The molecule has 150 valence electrons. The molecule has 0 aliphatic rings. The Labute approximate surface area is 172 Å². The van der Waals surface area contributed by atoms with Crippen LogP contribution in [-0.2, 0) is 6.42 Å². The Balaban J connectivity index is 1.91. The maximum absolute atomic E-state index is 13.7. The molecule has 0 saturated carbocycles. The fourth-order valence-electron chi connectivity index (χ4n) is 4.09. The number of hydrogen-bond donors (Lipinski definition) is 2. The van der Waals surface area contributed by atoms with Crippen LogP contribution in [0.15, 0.2) is 54.6 Å². The molecule has 30 heavy (non-hydrogen) atoms. The van der Waals surface area contributed by atoms with Crippen molar-refractivity contribution in [1.29, 1.82) is 0 Å². The van der Waals surface area contributed by atoms with Crippen molar-refractivity contribution >= 4 is 27.8 Å². The molecule has 0 saturated heterocycles. The van der Waals surface area contributed by atoms with Gasteiger partial charge in [-0.25, -0.2) is 14.4 Å². The average molecular weight is 400 g/mol. The summed E-state index contributed by atoms with van der Waals surface area (Å²) in [5.41, 5.74) is 11.4. The third-order valence-electron chi connectivity index (χ3n) is 5.41. The van der Waals surface area contributed by atoms with Crippen LogP contribution in [0.4, 0.5) is 10.2 Å². The SMILES string of the molecule is CCc1nc2c(N)nc3ccccc3c2n1C(c1ccc(F)cc1)c1cc(C)n[nH]1. The second-order valence-corrected chi connectivity index (χ2v) is 7.38. The third kappa shape index (κ3) is 2.82. The number of hydrogen-bond acceptors (Lipinski definition) is 4. The number of rotatable bonds is 4. The monoisotopic (exact) mass is 400 g/mol. The van der Waals surface area contributed by atoms with Gasteiger partial charge in [0.05, 0.1) is 22.4 Å². The normalized spacial score (nSPS) is 12.6. The number of nitrogens with zero attached hydrogens (tertiary/aromatic N) is 4. The van der Waals surface area contributed by atoms with Crippen molar-refractivity contribution < 1.29 is 4.39 Å². The van der Waals surface area contributed by atoms with Crippen molar-refractivity contribution in [3.8, 4) is 0 Å². The van der Waals surface area contributed by atoms with Crippen LogP contribution in [0.25, 0.3) is 21.9 Å². The lowest BCUT2D eigenvalue weighted by Crippen LogP contribution is -2.16. The molecule has 3 heterocycles. The van der Waals surface area contributed by atoms with Crippen molar-refractivity contribution in [3.05, 3.63) is 83.2 Å². The van der Waals surface area contributed by atoms with Crippen molar-refractivity contribution in [3.63, 3.8) is 0 Å². The molecule has 7 heteroatoms. The fraction of sp³-hybridized carbons (Fsp3) is 0.174. The summed E-state index contributed by atoms with van der Waals surface area (Å²) in [5, 5.41) is 8.45. The van der Waals surface area contributed by atoms with Gasteiger partial charge in [0.25, 0.3) is 0 Å². The first-order valence-electron chi connectivity index (χ1n) is 9.89. The summed E-state index contributed by atoms with van der Waals surface area (Å²) in [7, 11) is 0. The molecule has 6 nitrogen and oxygen atoms in total. The summed E-state index contributed by atoms with van der Waals surface area (Å²) in [5.74, 6) is 0.996. The van der Waals surface area contributed by atoms with Gasteiger partial charge in [-0.3, -0.25) is 5.10 Å². The lowest BCUT2D eigenvalue weighted by atomic mass is 10.0. The van der Waals surface area contributed by atoms with Gasteiger partial charge in [-0.2, -0.15) is 5.10 Å². The van der Waals surface area contributed by atoms with Crippen molar-refractivity contribution in [2.24, 2.45) is 0 Å². The number of imidazole rings is 1. The standard InChI is InChI=1S/C23H21FN6/c1-3-19-27-20-22(16-6-4-5-7-17(16)26-23(20)25)30(19)21(18-12-13(2)28-29-18)14-8-10-15(24)11-9-14/h4-12,21H,3H2,1-2H3,(H2,25,26)(H,28,29). The van der Waals surface area contributed by atoms with Crippen LogP contribution in [0.1, 0.15) is 35.7 Å². The number of aryl methyl sites for hydroxylation is 2. The first-order chi connectivity index (χ1) is 14.6. The minimum absolute atomic E-state index is 0.267. The van der Waals surface area contributed by atoms with Gasteiger partial charge in [-0.05, 0) is 36.8 Å². The Morgan fingerprint density at radius 2 is 1.87 bits per heavy atom. The van der Waals surface area contributed by atoms with Crippen LogP contribution in [0, 0.1) is 12.7 Å². The zero-order chi connectivity index (χ0) is 20.8. The zero-order valence-electron chi connectivity index (χ0n) is 16.7. The largest absolute Gasteiger partial charge is 0.382 e. The highest BCUT2D eigenvalue weighted by Crippen LogP contribution is 2.36. The maximum Gasteiger partial charge on any atom is 0.152 e. The summed E-state index contributed by atoms with van der Waals surface area (Å²) < 4.78 is 15.9. The molecule has 5 rings (SSSR count). The highest BCUT2D eigenvalue weighted by molar-refractivity contribution is 6.06. The van der Waals surface area contributed by atoms with Crippen LogP contribution in [0.3, 0.4) is 0 Å². The van der Waals surface area contributed by atoms with E-state index in [1.807, 2.05) is 37.3 Å². The number of pyridine rings is 1. The number of anilines is 1. The Kier molecular flexibility index (Phi) is 4.24. The minimum atomic E-state index is -0.275. The molecule has 0 aliphatic heterocycles. The number of nitrogens with one attached hydrogen (secondary N) is 1. The van der Waals surface area contributed by atoms with E-state index in [0.717, 1.165) is 39.2 Å². The molecule has 0 spiro atoms. The Bertz CT molecular complexity index is 1370. The number of nitrogen functional groups attached to an aromatic ring is 1. The van der Waals surface area contributed by atoms with E-state index in [1.165, 1.54) is 12.1 Å². The number of nitrogens with two attached hydrogens (primary N) is 1. The van der Waals surface area contributed by atoms with Gasteiger partial charge in [-0.15, -0.1) is 0 Å². The molecule has 1 atom stereocenters. The highest BCUT2D eigenvalue weighted by Gasteiger charge is 2.26. The van der Waals surface area contributed by atoms with Crippen LogP contribution in [-0.4, -0.2) is 24.7 Å². The first-order valence-corrected chi connectivity index (χ1v) is 9.89. The molecule has 5 aromatic rings. The summed E-state index contributed by atoms with van der Waals surface area (Å²) >= 11 is 0. The zero-order valence-corrected chi connectivity index (χ0v) is 16.7. The number of para-hydroxylation sites is 1. The molecule has 0 bridgehead atoms. The molecule has 2 aromatic carbocycles. The van der Waals surface area contributed by atoms with E-state index < -0.39 is 0 Å². The lowest BCUT2D eigenvalue weighted by molar-refractivity contribution is 0.616. The smallest absolute Gasteiger partial charge is 0.152 e. The molecular weight excluding hydrogens is 379 g/mol. The minimum Gasteiger partial charge on any atom is -0.382 e. The quantitative estimate of drug-likeness (QED) is 0.464. The Morgan fingerprint density at radius 3 is 2.57 bits per heavy atom. The van der Waals surface area contributed by atoms with Gasteiger partial charge in [0.2, 0.25) is 0 Å².